The molecule has 0 aliphatic rings. The summed E-state index contributed by atoms with van der Waals surface area (Å²) in [4.78, 5) is 0. The van der Waals surface area contributed by atoms with Crippen molar-refractivity contribution < 1.29 is 0 Å². The molecular weight excluding hydrogens is 278 g/mol. The predicted octanol–water partition coefficient (Wildman–Crippen LogP) is 7.45. The van der Waals surface area contributed by atoms with Crippen LogP contribution in [0.15, 0.2) is 0 Å². The number of rotatable bonds is 18. The summed E-state index contributed by atoms with van der Waals surface area (Å²) in [5.41, 5.74) is 0.276. The van der Waals surface area contributed by atoms with E-state index in [1.807, 2.05) is 0 Å². The molecule has 0 aromatic heterocycles. The molecule has 0 aromatic carbocycles. The normalized spacial score (nSPS) is 12.0. The molecule has 0 unspecified atom stereocenters. The first kappa shape index (κ1) is 23.0. The van der Waals surface area contributed by atoms with Crippen molar-refractivity contribution in [2.75, 3.05) is 6.54 Å². The highest BCUT2D eigenvalue weighted by Crippen LogP contribution is 2.16. The average molecular weight is 325 g/mol. The van der Waals surface area contributed by atoms with E-state index in [0.29, 0.717) is 0 Å². The van der Waals surface area contributed by atoms with Gasteiger partial charge in [0, 0.05) is 5.54 Å². The second kappa shape index (κ2) is 16.8. The Morgan fingerprint density at radius 1 is 0.609 bits per heavy atom. The summed E-state index contributed by atoms with van der Waals surface area (Å²) in [5, 5.41) is 3.46. The van der Waals surface area contributed by atoms with Gasteiger partial charge >= 0.3 is 0 Å². The maximum absolute atomic E-state index is 3.88. The van der Waals surface area contributed by atoms with Crippen LogP contribution in [0.4, 0.5) is 0 Å². The molecule has 0 saturated carbocycles. The van der Waals surface area contributed by atoms with Crippen molar-refractivity contribution in [3.63, 3.8) is 0 Å². The van der Waals surface area contributed by atoms with Gasteiger partial charge in [-0.2, -0.15) is 0 Å². The molecular formula is C22H46N. The molecule has 1 heteroatoms. The van der Waals surface area contributed by atoms with Crippen molar-refractivity contribution in [2.24, 2.45) is 0 Å². The van der Waals surface area contributed by atoms with Crippen molar-refractivity contribution in [3.8, 4) is 0 Å². The van der Waals surface area contributed by atoms with Crippen LogP contribution in [-0.2, 0) is 0 Å². The summed E-state index contributed by atoms with van der Waals surface area (Å²) in [7, 11) is 0. The minimum atomic E-state index is 0.276. The van der Waals surface area contributed by atoms with E-state index in [4.69, 9.17) is 0 Å². The maximum atomic E-state index is 3.88. The Labute approximate surface area is 148 Å². The lowest BCUT2D eigenvalue weighted by Gasteiger charge is -2.25. The van der Waals surface area contributed by atoms with Crippen molar-refractivity contribution in [3.05, 3.63) is 6.92 Å². The molecule has 0 spiro atoms. The number of nitrogens with one attached hydrogen (secondary N) is 1. The minimum absolute atomic E-state index is 0.276. The van der Waals surface area contributed by atoms with Crippen LogP contribution in [0, 0.1) is 6.92 Å². The highest BCUT2D eigenvalue weighted by molar-refractivity contribution is 4.77. The molecule has 0 aliphatic carbocycles. The van der Waals surface area contributed by atoms with E-state index in [0.717, 1.165) is 6.54 Å². The van der Waals surface area contributed by atoms with Gasteiger partial charge in [-0.25, -0.2) is 0 Å². The molecule has 23 heavy (non-hydrogen) atoms. The van der Waals surface area contributed by atoms with Crippen LogP contribution in [0.25, 0.3) is 0 Å². The van der Waals surface area contributed by atoms with Crippen LogP contribution in [0.3, 0.4) is 0 Å². The van der Waals surface area contributed by atoms with Gasteiger partial charge in [0.05, 0.1) is 0 Å². The fraction of sp³-hybridized carbons (Fsp3) is 0.955. The Bertz CT molecular complexity index is 222. The van der Waals surface area contributed by atoms with Gasteiger partial charge in [-0.1, -0.05) is 103 Å². The first-order valence-corrected chi connectivity index (χ1v) is 10.7. The third-order valence-electron chi connectivity index (χ3n) is 5.01. The average Bonchev–Trinajstić information content (AvgIpc) is 2.51. The molecule has 1 radical (unpaired) electrons. The van der Waals surface area contributed by atoms with E-state index in [1.54, 1.807) is 0 Å². The Balaban J connectivity index is 3.11. The summed E-state index contributed by atoms with van der Waals surface area (Å²) in [6.45, 7) is 11.6. The topological polar surface area (TPSA) is 12.0 Å². The molecule has 1 N–H and O–H groups in total. The summed E-state index contributed by atoms with van der Waals surface area (Å²) >= 11 is 0. The predicted molar refractivity (Wildman–Crippen MR) is 107 cm³/mol. The lowest BCUT2D eigenvalue weighted by atomic mass is 9.96. The van der Waals surface area contributed by atoms with Gasteiger partial charge < -0.3 is 5.32 Å². The van der Waals surface area contributed by atoms with Crippen LogP contribution in [0.2, 0.25) is 0 Å². The van der Waals surface area contributed by atoms with E-state index < -0.39 is 0 Å². The lowest BCUT2D eigenvalue weighted by Crippen LogP contribution is -2.38. The molecule has 0 saturated heterocycles. The van der Waals surface area contributed by atoms with Gasteiger partial charge in [0.15, 0.2) is 0 Å². The molecule has 139 valence electrons. The minimum Gasteiger partial charge on any atom is -0.312 e. The van der Waals surface area contributed by atoms with Crippen molar-refractivity contribution in [1.29, 1.82) is 0 Å². The molecule has 0 amide bonds. The molecule has 0 atom stereocenters. The fourth-order valence-corrected chi connectivity index (χ4v) is 3.37. The van der Waals surface area contributed by atoms with Gasteiger partial charge in [0.2, 0.25) is 0 Å². The van der Waals surface area contributed by atoms with Crippen molar-refractivity contribution in [2.45, 2.75) is 129 Å². The smallest absolute Gasteiger partial charge is 0.0125 e. The van der Waals surface area contributed by atoms with Crippen LogP contribution < -0.4 is 5.32 Å². The van der Waals surface area contributed by atoms with E-state index >= 15 is 0 Å². The van der Waals surface area contributed by atoms with Gasteiger partial charge in [0.1, 0.15) is 0 Å². The van der Waals surface area contributed by atoms with Crippen LogP contribution in [0.5, 0.6) is 0 Å². The van der Waals surface area contributed by atoms with Crippen LogP contribution in [0.1, 0.15) is 124 Å². The second-order valence-corrected chi connectivity index (χ2v) is 8.01. The van der Waals surface area contributed by atoms with E-state index in [-0.39, 0.29) is 5.54 Å². The largest absolute Gasteiger partial charge is 0.312 e. The Kier molecular flexibility index (Phi) is 16.8. The quantitative estimate of drug-likeness (QED) is 0.258. The third-order valence-corrected chi connectivity index (χ3v) is 5.01. The standard InChI is InChI=1S/C22H46N/c1-5-7-8-9-10-11-12-13-14-15-16-17-18-19-20-21-22(3,4)23-6-2/h23H,2,5-21H2,1,3-4H3. The number of hydrogen-bond acceptors (Lipinski definition) is 1. The molecule has 1 nitrogen and oxygen atoms in total. The van der Waals surface area contributed by atoms with Gasteiger partial charge in [0.25, 0.3) is 0 Å². The zero-order valence-corrected chi connectivity index (χ0v) is 16.7. The van der Waals surface area contributed by atoms with Crippen molar-refractivity contribution >= 4 is 0 Å². The van der Waals surface area contributed by atoms with Gasteiger partial charge in [-0.15, -0.1) is 0 Å². The third kappa shape index (κ3) is 18.1. The first-order valence-electron chi connectivity index (χ1n) is 10.7. The second-order valence-electron chi connectivity index (χ2n) is 8.01. The summed E-state index contributed by atoms with van der Waals surface area (Å²) in [5.74, 6) is 0. The molecule has 0 heterocycles. The van der Waals surface area contributed by atoms with Crippen LogP contribution >= 0.6 is 0 Å². The van der Waals surface area contributed by atoms with E-state index in [9.17, 15) is 0 Å². The summed E-state index contributed by atoms with van der Waals surface area (Å²) in [6.07, 6.45) is 22.9. The zero-order valence-electron chi connectivity index (χ0n) is 16.7. The van der Waals surface area contributed by atoms with Crippen molar-refractivity contribution in [1.82, 2.24) is 5.32 Å². The lowest BCUT2D eigenvalue weighted by molar-refractivity contribution is 0.360. The zero-order chi connectivity index (χ0) is 17.2. The Morgan fingerprint density at radius 3 is 1.30 bits per heavy atom. The maximum Gasteiger partial charge on any atom is 0.0125 e. The summed E-state index contributed by atoms with van der Waals surface area (Å²) < 4.78 is 0. The monoisotopic (exact) mass is 324 g/mol. The van der Waals surface area contributed by atoms with E-state index in [1.165, 1.54) is 103 Å². The molecule has 0 bridgehead atoms. The molecule has 0 aliphatic heterocycles. The SMILES string of the molecule is [CH2]CNC(C)(C)CCCCCCCCCCCCCCCCC. The first-order chi connectivity index (χ1) is 11.1. The van der Waals surface area contributed by atoms with Gasteiger partial charge in [-0.3, -0.25) is 0 Å². The molecule has 0 fully saturated rings. The van der Waals surface area contributed by atoms with Gasteiger partial charge in [-0.05, 0) is 33.7 Å². The molecule has 0 rings (SSSR count). The fourth-order valence-electron chi connectivity index (χ4n) is 3.37. The highest BCUT2D eigenvalue weighted by atomic mass is 14.9. The summed E-state index contributed by atoms with van der Waals surface area (Å²) in [6, 6.07) is 0. The highest BCUT2D eigenvalue weighted by Gasteiger charge is 2.14. The number of unbranched alkanes of at least 4 members (excludes halogenated alkanes) is 14. The molecule has 0 aromatic rings. The Hall–Kier alpha value is -0.0400. The van der Waals surface area contributed by atoms with E-state index in [2.05, 4.69) is 33.0 Å². The number of hydrogen-bond donors (Lipinski definition) is 1. The Morgan fingerprint density at radius 2 is 0.957 bits per heavy atom. The van der Waals surface area contributed by atoms with Crippen LogP contribution in [-0.4, -0.2) is 12.1 Å².